The molecule has 0 aliphatic rings. The first-order valence-electron chi connectivity index (χ1n) is 9.17. The van der Waals surface area contributed by atoms with E-state index in [2.05, 4.69) is 20.6 Å². The number of benzene rings is 1. The molecule has 0 aliphatic heterocycles. The third-order valence-electron chi connectivity index (χ3n) is 4.13. The minimum Gasteiger partial charge on any atom is -0.525 e. The molecule has 0 saturated carbocycles. The SMILES string of the molecule is CC(C)C[C@H](NC(=O)[C@H](Cc1ccccc1)NC(=O)c1cnccn1)B(O)[OH2+]. The molecule has 8 nitrogen and oxygen atoms in total. The zero-order valence-electron chi connectivity index (χ0n) is 16.0. The van der Waals surface area contributed by atoms with E-state index in [1.807, 2.05) is 44.2 Å². The van der Waals surface area contributed by atoms with Crippen molar-refractivity contribution in [2.75, 3.05) is 0 Å². The van der Waals surface area contributed by atoms with Crippen molar-refractivity contribution in [1.29, 1.82) is 0 Å². The van der Waals surface area contributed by atoms with Crippen LogP contribution in [0.25, 0.3) is 0 Å². The molecule has 0 bridgehead atoms. The standard InChI is InChI=1S/C19H25BN4O4/c1-13(2)10-17(20(27)28)24-18(25)15(11-14-6-4-3-5-7-14)23-19(26)16-12-21-8-9-22-16/h3-9,12-13,15,17,27-28H,10-11H2,1-2H3,(H,23,26)(H,24,25)/p+1/t15-,17-/m0/s1. The van der Waals surface area contributed by atoms with Crippen LogP contribution in [0.4, 0.5) is 0 Å². The summed E-state index contributed by atoms with van der Waals surface area (Å²) in [4.78, 5) is 33.1. The number of hydrogen-bond donors (Lipinski definition) is 3. The lowest BCUT2D eigenvalue weighted by Crippen LogP contribution is -2.55. The van der Waals surface area contributed by atoms with E-state index in [4.69, 9.17) is 5.02 Å². The van der Waals surface area contributed by atoms with Gasteiger partial charge in [0.15, 0.2) is 0 Å². The molecule has 2 rings (SSSR count). The summed E-state index contributed by atoms with van der Waals surface area (Å²) in [6.07, 6.45) is 4.89. The highest BCUT2D eigenvalue weighted by Crippen LogP contribution is 2.09. The molecule has 0 saturated heterocycles. The average Bonchev–Trinajstić information content (AvgIpc) is 2.68. The normalized spacial score (nSPS) is 12.9. The summed E-state index contributed by atoms with van der Waals surface area (Å²) in [5, 5.41) is 22.7. The molecule has 5 N–H and O–H groups in total. The lowest BCUT2D eigenvalue weighted by atomic mass is 9.75. The number of aromatic nitrogens is 2. The number of rotatable bonds is 9. The van der Waals surface area contributed by atoms with E-state index in [1.54, 1.807) is 0 Å². The molecule has 0 radical (unpaired) electrons. The van der Waals surface area contributed by atoms with Crippen molar-refractivity contribution in [2.45, 2.75) is 38.7 Å². The minimum absolute atomic E-state index is 0.104. The summed E-state index contributed by atoms with van der Waals surface area (Å²) in [6, 6.07) is 8.41. The predicted molar refractivity (Wildman–Crippen MR) is 106 cm³/mol. The molecule has 0 fully saturated rings. The summed E-state index contributed by atoms with van der Waals surface area (Å²) in [6.45, 7) is 3.89. The highest BCUT2D eigenvalue weighted by Gasteiger charge is 2.36. The quantitative estimate of drug-likeness (QED) is 0.417. The third-order valence-corrected chi connectivity index (χ3v) is 4.13. The Labute approximate surface area is 164 Å². The predicted octanol–water partition coefficient (Wildman–Crippen LogP) is 0.0929. The van der Waals surface area contributed by atoms with Crippen LogP contribution in [-0.4, -0.2) is 50.9 Å². The van der Waals surface area contributed by atoms with Gasteiger partial charge in [0, 0.05) is 18.8 Å². The molecule has 0 spiro atoms. The van der Waals surface area contributed by atoms with Crippen LogP contribution in [0.3, 0.4) is 0 Å². The lowest BCUT2D eigenvalue weighted by Gasteiger charge is -2.22. The second-order valence-corrected chi connectivity index (χ2v) is 7.00. The topological polar surface area (TPSA) is 127 Å². The molecule has 2 atom stereocenters. The molecule has 0 aliphatic carbocycles. The largest absolute Gasteiger partial charge is 0.713 e. The number of nitrogens with zero attached hydrogens (tertiary/aromatic N) is 2. The van der Waals surface area contributed by atoms with Gasteiger partial charge in [-0.1, -0.05) is 44.2 Å². The average molecular weight is 385 g/mol. The number of carbonyl (C=O) groups excluding carboxylic acids is 2. The van der Waals surface area contributed by atoms with Gasteiger partial charge in [0.2, 0.25) is 5.91 Å². The van der Waals surface area contributed by atoms with Crippen LogP contribution in [0.15, 0.2) is 48.9 Å². The van der Waals surface area contributed by atoms with Crippen LogP contribution in [0.5, 0.6) is 0 Å². The van der Waals surface area contributed by atoms with Crippen molar-refractivity contribution in [1.82, 2.24) is 20.6 Å². The van der Waals surface area contributed by atoms with Gasteiger partial charge in [-0.2, -0.15) is 0 Å². The smallest absolute Gasteiger partial charge is 0.525 e. The van der Waals surface area contributed by atoms with Gasteiger partial charge in [0.25, 0.3) is 5.91 Å². The van der Waals surface area contributed by atoms with E-state index in [-0.39, 0.29) is 18.0 Å². The summed E-state index contributed by atoms with van der Waals surface area (Å²) < 4.78 is 0. The van der Waals surface area contributed by atoms with E-state index < -0.39 is 30.9 Å². The Bertz CT molecular complexity index is 759. The third kappa shape index (κ3) is 6.75. The van der Waals surface area contributed by atoms with Gasteiger partial charge in [0.05, 0.1) is 6.20 Å². The maximum Gasteiger partial charge on any atom is 0.713 e. The van der Waals surface area contributed by atoms with Crippen LogP contribution in [0.2, 0.25) is 0 Å². The summed E-state index contributed by atoms with van der Waals surface area (Å²) in [5.41, 5.74) is 0.974. The van der Waals surface area contributed by atoms with Crippen LogP contribution in [0.1, 0.15) is 36.3 Å². The van der Waals surface area contributed by atoms with Gasteiger partial charge in [0.1, 0.15) is 17.7 Å². The van der Waals surface area contributed by atoms with Crippen molar-refractivity contribution >= 4 is 18.9 Å². The Morgan fingerprint density at radius 1 is 1.18 bits per heavy atom. The Balaban J connectivity index is 2.16. The Morgan fingerprint density at radius 3 is 2.46 bits per heavy atom. The minimum atomic E-state index is -1.44. The van der Waals surface area contributed by atoms with Crippen molar-refractivity contribution < 1.29 is 19.6 Å². The zero-order valence-corrected chi connectivity index (χ0v) is 16.0. The first kappa shape index (κ1) is 21.5. The van der Waals surface area contributed by atoms with E-state index in [0.717, 1.165) is 5.56 Å². The molecule has 2 amide bonds. The summed E-state index contributed by atoms with van der Waals surface area (Å²) >= 11 is 0. The molecule has 0 unspecified atom stereocenters. The fourth-order valence-corrected chi connectivity index (χ4v) is 2.77. The van der Waals surface area contributed by atoms with Gasteiger partial charge < -0.3 is 20.7 Å². The van der Waals surface area contributed by atoms with Crippen molar-refractivity contribution in [2.24, 2.45) is 5.92 Å². The van der Waals surface area contributed by atoms with Crippen molar-refractivity contribution in [3.8, 4) is 0 Å². The zero-order chi connectivity index (χ0) is 20.5. The molecule has 1 heterocycles. The molecule has 2 aromatic rings. The molecule has 1 aromatic heterocycles. The number of hydrogen-bond acceptors (Lipinski definition) is 5. The van der Waals surface area contributed by atoms with Crippen molar-refractivity contribution in [3.63, 3.8) is 0 Å². The second-order valence-electron chi connectivity index (χ2n) is 7.00. The highest BCUT2D eigenvalue weighted by atomic mass is 16.4. The molecule has 148 valence electrons. The maximum absolute atomic E-state index is 12.9. The fraction of sp³-hybridized carbons (Fsp3) is 0.368. The van der Waals surface area contributed by atoms with Crippen LogP contribution >= 0.6 is 0 Å². The van der Waals surface area contributed by atoms with Gasteiger partial charge >= 0.3 is 7.12 Å². The fourth-order valence-electron chi connectivity index (χ4n) is 2.77. The lowest BCUT2D eigenvalue weighted by molar-refractivity contribution is -0.123. The summed E-state index contributed by atoms with van der Waals surface area (Å²) in [7, 11) is -1.44. The van der Waals surface area contributed by atoms with Crippen LogP contribution in [0, 0.1) is 5.92 Å². The summed E-state index contributed by atoms with van der Waals surface area (Å²) in [5.74, 6) is -1.51. The van der Waals surface area contributed by atoms with Crippen LogP contribution in [-0.2, 0) is 11.2 Å². The first-order valence-corrected chi connectivity index (χ1v) is 9.17. The second kappa shape index (κ2) is 10.5. The van der Waals surface area contributed by atoms with Crippen molar-refractivity contribution in [3.05, 3.63) is 60.2 Å². The van der Waals surface area contributed by atoms with E-state index in [9.17, 15) is 14.6 Å². The van der Waals surface area contributed by atoms with E-state index >= 15 is 0 Å². The molecular formula is C19H26BN4O4+. The van der Waals surface area contributed by atoms with E-state index in [0.29, 0.717) is 6.42 Å². The molecule has 28 heavy (non-hydrogen) atoms. The Kier molecular flexibility index (Phi) is 8.10. The number of carbonyl (C=O) groups is 2. The maximum atomic E-state index is 12.9. The highest BCUT2D eigenvalue weighted by molar-refractivity contribution is 6.43. The number of nitrogens with one attached hydrogen (secondary N) is 2. The monoisotopic (exact) mass is 385 g/mol. The Hall–Kier alpha value is -2.78. The van der Waals surface area contributed by atoms with Gasteiger partial charge in [-0.25, -0.2) is 4.98 Å². The first-order chi connectivity index (χ1) is 13.4. The number of amides is 2. The van der Waals surface area contributed by atoms with E-state index in [1.165, 1.54) is 18.6 Å². The van der Waals surface area contributed by atoms with Crippen LogP contribution < -0.4 is 10.6 Å². The molecule has 1 aromatic carbocycles. The Morgan fingerprint density at radius 2 is 1.89 bits per heavy atom. The van der Waals surface area contributed by atoms with Gasteiger partial charge in [-0.3, -0.25) is 14.6 Å². The van der Waals surface area contributed by atoms with Gasteiger partial charge in [-0.15, -0.1) is 0 Å². The molecule has 9 heteroatoms. The van der Waals surface area contributed by atoms with Gasteiger partial charge in [-0.05, 0) is 17.9 Å². The molecular weight excluding hydrogens is 359 g/mol.